The zero-order chi connectivity index (χ0) is 15.2. The fourth-order valence-electron chi connectivity index (χ4n) is 2.51. The number of nitrogens with zero attached hydrogens (tertiary/aromatic N) is 1. The first kappa shape index (κ1) is 14.3. The molecule has 0 spiro atoms. The fourth-order valence-corrected chi connectivity index (χ4v) is 2.51. The lowest BCUT2D eigenvalue weighted by molar-refractivity contribution is 0.821. The van der Waals surface area contributed by atoms with Crippen LogP contribution < -0.4 is 0 Å². The van der Waals surface area contributed by atoms with Gasteiger partial charge in [0.05, 0.1) is 11.8 Å². The van der Waals surface area contributed by atoms with Gasteiger partial charge in [-0.3, -0.25) is 4.99 Å². The van der Waals surface area contributed by atoms with E-state index in [1.54, 1.807) is 0 Å². The summed E-state index contributed by atoms with van der Waals surface area (Å²) in [6, 6.07) is 31.3. The third kappa shape index (κ3) is 3.32. The van der Waals surface area contributed by atoms with Gasteiger partial charge in [-0.15, -0.1) is 0 Å². The van der Waals surface area contributed by atoms with Crippen molar-refractivity contribution in [3.8, 4) is 0 Å². The Hall–Kier alpha value is -2.67. The van der Waals surface area contributed by atoms with Gasteiger partial charge in [-0.25, -0.2) is 0 Å². The normalized spacial score (nSPS) is 11.7. The molecule has 0 N–H and O–H groups in total. The Kier molecular flexibility index (Phi) is 4.45. The molecule has 1 atom stereocenters. The number of hydrogen-bond acceptors (Lipinski definition) is 1. The van der Waals surface area contributed by atoms with Gasteiger partial charge >= 0.3 is 0 Å². The van der Waals surface area contributed by atoms with E-state index in [1.165, 1.54) is 5.56 Å². The summed E-state index contributed by atoms with van der Waals surface area (Å²) in [5, 5.41) is 0. The number of rotatable bonds is 4. The Balaban J connectivity index is 2.04. The fraction of sp³-hybridized carbons (Fsp3) is 0.0952. The molecule has 3 aromatic rings. The van der Waals surface area contributed by atoms with Crippen molar-refractivity contribution in [2.45, 2.75) is 13.0 Å². The van der Waals surface area contributed by atoms with Crippen molar-refractivity contribution in [2.75, 3.05) is 0 Å². The highest BCUT2D eigenvalue weighted by molar-refractivity contribution is 6.12. The molecule has 0 aliphatic heterocycles. The van der Waals surface area contributed by atoms with Crippen molar-refractivity contribution in [1.82, 2.24) is 0 Å². The van der Waals surface area contributed by atoms with Crippen LogP contribution in [0.2, 0.25) is 0 Å². The minimum absolute atomic E-state index is 0.122. The Morgan fingerprint density at radius 2 is 1.05 bits per heavy atom. The molecule has 0 aliphatic rings. The van der Waals surface area contributed by atoms with Crippen LogP contribution in [0.25, 0.3) is 0 Å². The molecule has 3 aromatic carbocycles. The molecule has 0 radical (unpaired) electrons. The largest absolute Gasteiger partial charge is 0.276 e. The van der Waals surface area contributed by atoms with E-state index in [0.29, 0.717) is 0 Å². The molecule has 22 heavy (non-hydrogen) atoms. The second-order valence-electron chi connectivity index (χ2n) is 5.30. The minimum atomic E-state index is 0.122. The molecule has 0 unspecified atom stereocenters. The Bertz CT molecular complexity index is 689. The van der Waals surface area contributed by atoms with Crippen LogP contribution in [0.4, 0.5) is 0 Å². The molecule has 0 aromatic heterocycles. The third-order valence-electron chi connectivity index (χ3n) is 3.70. The molecule has 0 bridgehead atoms. The highest BCUT2D eigenvalue weighted by Gasteiger charge is 2.09. The second-order valence-corrected chi connectivity index (χ2v) is 5.30. The summed E-state index contributed by atoms with van der Waals surface area (Å²) < 4.78 is 0. The van der Waals surface area contributed by atoms with Crippen LogP contribution in [0.15, 0.2) is 96.0 Å². The minimum Gasteiger partial charge on any atom is -0.276 e. The van der Waals surface area contributed by atoms with E-state index in [1.807, 2.05) is 18.2 Å². The van der Waals surface area contributed by atoms with Crippen molar-refractivity contribution in [3.05, 3.63) is 108 Å². The van der Waals surface area contributed by atoms with E-state index in [2.05, 4.69) is 79.7 Å². The van der Waals surface area contributed by atoms with Gasteiger partial charge in [-0.1, -0.05) is 91.0 Å². The number of aliphatic imine (C=N–C) groups is 1. The maximum Gasteiger partial charge on any atom is 0.0728 e. The average Bonchev–Trinajstić information content (AvgIpc) is 2.62. The van der Waals surface area contributed by atoms with Crippen molar-refractivity contribution in [2.24, 2.45) is 4.99 Å². The Morgan fingerprint density at radius 3 is 1.50 bits per heavy atom. The van der Waals surface area contributed by atoms with Gasteiger partial charge < -0.3 is 0 Å². The zero-order valence-corrected chi connectivity index (χ0v) is 12.7. The highest BCUT2D eigenvalue weighted by Crippen LogP contribution is 2.20. The molecule has 3 rings (SSSR count). The molecule has 1 heteroatoms. The van der Waals surface area contributed by atoms with Crippen molar-refractivity contribution in [1.29, 1.82) is 0 Å². The van der Waals surface area contributed by atoms with Crippen LogP contribution in [0.5, 0.6) is 0 Å². The zero-order valence-electron chi connectivity index (χ0n) is 12.7. The maximum atomic E-state index is 5.00. The van der Waals surface area contributed by atoms with E-state index < -0.39 is 0 Å². The van der Waals surface area contributed by atoms with Crippen LogP contribution in [-0.4, -0.2) is 5.71 Å². The quantitative estimate of drug-likeness (QED) is 0.578. The summed E-state index contributed by atoms with van der Waals surface area (Å²) >= 11 is 0. The SMILES string of the molecule is C[C@@H](N=C(c1ccccc1)c1ccccc1)c1ccccc1. The van der Waals surface area contributed by atoms with Gasteiger partial charge in [0.25, 0.3) is 0 Å². The highest BCUT2D eigenvalue weighted by atomic mass is 14.8. The lowest BCUT2D eigenvalue weighted by Crippen LogP contribution is -2.05. The van der Waals surface area contributed by atoms with Gasteiger partial charge in [0, 0.05) is 11.1 Å². The molecular weight excluding hydrogens is 266 g/mol. The molecule has 1 nitrogen and oxygen atoms in total. The Morgan fingerprint density at radius 1 is 0.636 bits per heavy atom. The lowest BCUT2D eigenvalue weighted by Gasteiger charge is -2.12. The van der Waals surface area contributed by atoms with Crippen molar-refractivity contribution < 1.29 is 0 Å². The third-order valence-corrected chi connectivity index (χ3v) is 3.70. The standard InChI is InChI=1S/C21H19N/c1-17(18-11-5-2-6-12-18)22-21(19-13-7-3-8-14-19)20-15-9-4-10-16-20/h2-17H,1H3/t17-/m1/s1. The molecule has 0 heterocycles. The summed E-state index contributed by atoms with van der Waals surface area (Å²) in [6.07, 6.45) is 0. The first-order valence-electron chi connectivity index (χ1n) is 7.58. The van der Waals surface area contributed by atoms with Gasteiger partial charge in [-0.05, 0) is 12.5 Å². The van der Waals surface area contributed by atoms with E-state index >= 15 is 0 Å². The number of hydrogen-bond donors (Lipinski definition) is 0. The van der Waals surface area contributed by atoms with Crippen LogP contribution in [0.3, 0.4) is 0 Å². The summed E-state index contributed by atoms with van der Waals surface area (Å²) in [7, 11) is 0. The van der Waals surface area contributed by atoms with E-state index in [0.717, 1.165) is 16.8 Å². The van der Waals surface area contributed by atoms with Crippen molar-refractivity contribution in [3.63, 3.8) is 0 Å². The van der Waals surface area contributed by atoms with Gasteiger partial charge in [0.2, 0.25) is 0 Å². The molecular formula is C21H19N. The second kappa shape index (κ2) is 6.86. The van der Waals surface area contributed by atoms with Gasteiger partial charge in [-0.2, -0.15) is 0 Å². The molecule has 0 saturated carbocycles. The summed E-state index contributed by atoms with van der Waals surface area (Å²) in [6.45, 7) is 2.14. The monoisotopic (exact) mass is 285 g/mol. The lowest BCUT2D eigenvalue weighted by atomic mass is 10.0. The van der Waals surface area contributed by atoms with Crippen LogP contribution in [-0.2, 0) is 0 Å². The van der Waals surface area contributed by atoms with E-state index in [4.69, 9.17) is 4.99 Å². The molecule has 108 valence electrons. The predicted octanol–water partition coefficient (Wildman–Crippen LogP) is 5.29. The topological polar surface area (TPSA) is 12.4 Å². The predicted molar refractivity (Wildman–Crippen MR) is 93.4 cm³/mol. The van der Waals surface area contributed by atoms with Crippen molar-refractivity contribution >= 4 is 5.71 Å². The van der Waals surface area contributed by atoms with Crippen LogP contribution >= 0.6 is 0 Å². The molecule has 0 fully saturated rings. The molecule has 0 saturated heterocycles. The van der Waals surface area contributed by atoms with Gasteiger partial charge in [0.15, 0.2) is 0 Å². The van der Waals surface area contributed by atoms with E-state index in [9.17, 15) is 0 Å². The summed E-state index contributed by atoms with van der Waals surface area (Å²) in [5.41, 5.74) is 4.57. The molecule has 0 aliphatic carbocycles. The Labute approximate surface area is 132 Å². The maximum absolute atomic E-state index is 5.00. The molecule has 0 amide bonds. The van der Waals surface area contributed by atoms with Crippen LogP contribution in [0, 0.1) is 0 Å². The summed E-state index contributed by atoms with van der Waals surface area (Å²) in [5.74, 6) is 0. The average molecular weight is 285 g/mol. The van der Waals surface area contributed by atoms with Gasteiger partial charge in [0.1, 0.15) is 0 Å². The first-order chi connectivity index (χ1) is 10.8. The number of benzene rings is 3. The smallest absolute Gasteiger partial charge is 0.0728 e. The first-order valence-corrected chi connectivity index (χ1v) is 7.58. The van der Waals surface area contributed by atoms with Crippen LogP contribution in [0.1, 0.15) is 29.7 Å². The van der Waals surface area contributed by atoms with E-state index in [-0.39, 0.29) is 6.04 Å². The summed E-state index contributed by atoms with van der Waals surface area (Å²) in [4.78, 5) is 5.00.